The average Bonchev–Trinajstić information content (AvgIpc) is 3.28. The van der Waals surface area contributed by atoms with Gasteiger partial charge in [-0.2, -0.15) is 0 Å². The number of hydrogen-bond acceptors (Lipinski definition) is 4. The van der Waals surface area contributed by atoms with Gasteiger partial charge in [0.1, 0.15) is 5.82 Å². The summed E-state index contributed by atoms with van der Waals surface area (Å²) in [5, 5.41) is 12.8. The summed E-state index contributed by atoms with van der Waals surface area (Å²) in [5.74, 6) is 1.14. The summed E-state index contributed by atoms with van der Waals surface area (Å²) in [6.45, 7) is 3.93. The predicted molar refractivity (Wildman–Crippen MR) is 75.9 cm³/mol. The quantitative estimate of drug-likeness (QED) is 0.835. The van der Waals surface area contributed by atoms with E-state index in [1.807, 2.05) is 13.8 Å². The Morgan fingerprint density at radius 3 is 2.35 bits per heavy atom. The van der Waals surface area contributed by atoms with E-state index in [0.717, 1.165) is 0 Å². The van der Waals surface area contributed by atoms with Crippen molar-refractivity contribution in [1.82, 2.24) is 9.97 Å². The van der Waals surface area contributed by atoms with E-state index in [9.17, 15) is 9.90 Å². The Kier molecular flexibility index (Phi) is 3.36. The van der Waals surface area contributed by atoms with Gasteiger partial charge in [-0.3, -0.25) is 0 Å². The second-order valence-corrected chi connectivity index (χ2v) is 6.30. The maximum atomic E-state index is 11.4. The predicted octanol–water partition coefficient (Wildman–Crippen LogP) is 2.90. The fourth-order valence-corrected chi connectivity index (χ4v) is 2.65. The van der Waals surface area contributed by atoms with Crippen LogP contribution in [0.25, 0.3) is 0 Å². The Morgan fingerprint density at radius 1 is 1.30 bits per heavy atom. The zero-order valence-electron chi connectivity index (χ0n) is 12.0. The van der Waals surface area contributed by atoms with Crippen molar-refractivity contribution in [3.05, 3.63) is 17.7 Å². The number of rotatable bonds is 6. The molecule has 5 heteroatoms. The molecule has 5 nitrogen and oxygen atoms in total. The van der Waals surface area contributed by atoms with Crippen LogP contribution >= 0.6 is 0 Å². The maximum Gasteiger partial charge on any atom is 0.356 e. The Bertz CT molecular complexity index is 510. The van der Waals surface area contributed by atoms with E-state index in [-0.39, 0.29) is 11.6 Å². The van der Waals surface area contributed by atoms with Crippen LogP contribution in [0.3, 0.4) is 0 Å². The SMILES string of the molecule is CC(C)c1ncc(NC(C2CC2)C2CC2)c(C(=O)O)n1. The van der Waals surface area contributed by atoms with Gasteiger partial charge in [0.2, 0.25) is 0 Å². The van der Waals surface area contributed by atoms with Crippen LogP contribution in [-0.2, 0) is 0 Å². The summed E-state index contributed by atoms with van der Waals surface area (Å²) in [6, 6.07) is 0.404. The van der Waals surface area contributed by atoms with Crippen molar-refractivity contribution in [2.45, 2.75) is 51.5 Å². The molecule has 3 rings (SSSR count). The zero-order chi connectivity index (χ0) is 14.3. The van der Waals surface area contributed by atoms with E-state index >= 15 is 0 Å². The van der Waals surface area contributed by atoms with Crippen LogP contribution in [0.5, 0.6) is 0 Å². The number of anilines is 1. The fraction of sp³-hybridized carbons (Fsp3) is 0.667. The van der Waals surface area contributed by atoms with Gasteiger partial charge in [0.25, 0.3) is 0 Å². The maximum absolute atomic E-state index is 11.4. The lowest BCUT2D eigenvalue weighted by molar-refractivity contribution is 0.0691. The van der Waals surface area contributed by atoms with E-state index in [2.05, 4.69) is 15.3 Å². The van der Waals surface area contributed by atoms with Crippen LogP contribution in [-0.4, -0.2) is 27.1 Å². The molecule has 108 valence electrons. The van der Waals surface area contributed by atoms with Gasteiger partial charge in [-0.05, 0) is 37.5 Å². The highest BCUT2D eigenvalue weighted by molar-refractivity contribution is 5.91. The van der Waals surface area contributed by atoms with E-state index in [1.54, 1.807) is 6.20 Å². The molecule has 0 radical (unpaired) electrons. The lowest BCUT2D eigenvalue weighted by atomic mass is 10.1. The lowest BCUT2D eigenvalue weighted by Gasteiger charge is -2.20. The summed E-state index contributed by atoms with van der Waals surface area (Å²) in [5.41, 5.74) is 0.681. The van der Waals surface area contributed by atoms with Crippen molar-refractivity contribution in [2.24, 2.45) is 11.8 Å². The smallest absolute Gasteiger partial charge is 0.356 e. The Morgan fingerprint density at radius 2 is 1.90 bits per heavy atom. The Balaban J connectivity index is 1.85. The monoisotopic (exact) mass is 275 g/mol. The number of aromatic carboxylic acids is 1. The van der Waals surface area contributed by atoms with Gasteiger partial charge >= 0.3 is 5.97 Å². The first kappa shape index (κ1) is 13.3. The third-order valence-electron chi connectivity index (χ3n) is 4.11. The van der Waals surface area contributed by atoms with E-state index in [1.165, 1.54) is 25.7 Å². The van der Waals surface area contributed by atoms with E-state index in [4.69, 9.17) is 0 Å². The van der Waals surface area contributed by atoms with Crippen LogP contribution in [0.2, 0.25) is 0 Å². The minimum Gasteiger partial charge on any atom is -0.476 e. The minimum absolute atomic E-state index is 0.106. The van der Waals surface area contributed by atoms with Crippen LogP contribution in [0, 0.1) is 11.8 Å². The summed E-state index contributed by atoms with van der Waals surface area (Å²) in [4.78, 5) is 19.9. The molecular formula is C15H21N3O2. The lowest BCUT2D eigenvalue weighted by Crippen LogP contribution is -2.26. The molecule has 20 heavy (non-hydrogen) atoms. The highest BCUT2D eigenvalue weighted by atomic mass is 16.4. The molecule has 1 aromatic rings. The molecule has 0 unspecified atom stereocenters. The molecular weight excluding hydrogens is 254 g/mol. The van der Waals surface area contributed by atoms with Crippen molar-refractivity contribution in [3.63, 3.8) is 0 Å². The second-order valence-electron chi connectivity index (χ2n) is 6.30. The molecule has 0 atom stereocenters. The third kappa shape index (κ3) is 2.76. The molecule has 2 aliphatic rings. The number of carbonyl (C=O) groups is 1. The zero-order valence-corrected chi connectivity index (χ0v) is 12.0. The molecule has 0 aliphatic heterocycles. The van der Waals surface area contributed by atoms with Gasteiger partial charge < -0.3 is 10.4 Å². The average molecular weight is 275 g/mol. The van der Waals surface area contributed by atoms with Gasteiger partial charge in [-0.15, -0.1) is 0 Å². The van der Waals surface area contributed by atoms with Crippen LogP contribution in [0.4, 0.5) is 5.69 Å². The first-order chi connectivity index (χ1) is 9.56. The minimum atomic E-state index is -0.984. The number of hydrogen-bond donors (Lipinski definition) is 2. The van der Waals surface area contributed by atoms with Crippen LogP contribution in [0.1, 0.15) is 61.8 Å². The second kappa shape index (κ2) is 5.04. The van der Waals surface area contributed by atoms with Crippen molar-refractivity contribution in [3.8, 4) is 0 Å². The van der Waals surface area contributed by atoms with Gasteiger partial charge in [0.05, 0.1) is 11.9 Å². The molecule has 0 aromatic carbocycles. The molecule has 0 amide bonds. The molecule has 0 bridgehead atoms. The van der Waals surface area contributed by atoms with Crippen LogP contribution < -0.4 is 5.32 Å². The molecule has 2 aliphatic carbocycles. The number of aromatic nitrogens is 2. The molecule has 0 saturated heterocycles. The van der Waals surface area contributed by atoms with Crippen molar-refractivity contribution in [1.29, 1.82) is 0 Å². The Hall–Kier alpha value is -1.65. The number of nitrogens with one attached hydrogen (secondary N) is 1. The molecule has 2 fully saturated rings. The number of nitrogens with zero attached hydrogens (tertiary/aromatic N) is 2. The molecule has 1 heterocycles. The van der Waals surface area contributed by atoms with Crippen molar-refractivity contribution < 1.29 is 9.90 Å². The van der Waals surface area contributed by atoms with E-state index < -0.39 is 5.97 Å². The van der Waals surface area contributed by atoms with Crippen molar-refractivity contribution in [2.75, 3.05) is 5.32 Å². The summed E-state index contributed by atoms with van der Waals surface area (Å²) < 4.78 is 0. The van der Waals surface area contributed by atoms with Gasteiger partial charge in [-0.1, -0.05) is 13.8 Å². The third-order valence-corrected chi connectivity index (χ3v) is 4.11. The molecule has 1 aromatic heterocycles. The first-order valence-electron chi connectivity index (χ1n) is 7.43. The summed E-state index contributed by atoms with van der Waals surface area (Å²) in [7, 11) is 0. The topological polar surface area (TPSA) is 75.1 Å². The number of carboxylic acid groups (broad SMARTS) is 1. The largest absolute Gasteiger partial charge is 0.476 e. The highest BCUT2D eigenvalue weighted by Gasteiger charge is 2.41. The van der Waals surface area contributed by atoms with E-state index in [0.29, 0.717) is 29.4 Å². The summed E-state index contributed by atoms with van der Waals surface area (Å²) in [6.07, 6.45) is 6.65. The van der Waals surface area contributed by atoms with Crippen LogP contribution in [0.15, 0.2) is 6.20 Å². The molecule has 2 saturated carbocycles. The first-order valence-corrected chi connectivity index (χ1v) is 7.43. The fourth-order valence-electron chi connectivity index (χ4n) is 2.65. The standard InChI is InChI=1S/C15H21N3O2/c1-8(2)14-16-7-11(13(18-14)15(19)20)17-12(9-3-4-9)10-5-6-10/h7-10,12,17H,3-6H2,1-2H3,(H,19,20). The normalized spacial score (nSPS) is 18.6. The molecule has 2 N–H and O–H groups in total. The highest BCUT2D eigenvalue weighted by Crippen LogP contribution is 2.46. The number of carboxylic acids is 1. The van der Waals surface area contributed by atoms with Gasteiger partial charge in [0.15, 0.2) is 5.69 Å². The van der Waals surface area contributed by atoms with Gasteiger partial charge in [-0.25, -0.2) is 14.8 Å². The molecule has 0 spiro atoms. The summed E-state index contributed by atoms with van der Waals surface area (Å²) >= 11 is 0. The Labute approximate surface area is 118 Å². The van der Waals surface area contributed by atoms with Gasteiger partial charge in [0, 0.05) is 12.0 Å². The van der Waals surface area contributed by atoms with Crippen molar-refractivity contribution >= 4 is 11.7 Å².